The molecule has 0 bridgehead atoms. The lowest BCUT2D eigenvalue weighted by Gasteiger charge is -2.58. The summed E-state index contributed by atoms with van der Waals surface area (Å²) < 4.78 is 12.3. The molecular weight excluding hydrogens is 414 g/mol. The summed E-state index contributed by atoms with van der Waals surface area (Å²) in [7, 11) is 0. The Morgan fingerprint density at radius 1 is 1.35 bits per heavy atom. The van der Waals surface area contributed by atoms with E-state index >= 15 is 0 Å². The van der Waals surface area contributed by atoms with E-state index in [9.17, 15) is 4.79 Å². The van der Waals surface area contributed by atoms with Gasteiger partial charge in [0.25, 0.3) is 0 Å². The van der Waals surface area contributed by atoms with E-state index in [0.717, 1.165) is 24.0 Å². The first-order valence-corrected chi connectivity index (χ1v) is 10.7. The fourth-order valence-corrected chi connectivity index (χ4v) is 4.81. The van der Waals surface area contributed by atoms with E-state index in [1.54, 1.807) is 24.4 Å². The number of rotatable bonds is 9. The summed E-state index contributed by atoms with van der Waals surface area (Å²) in [6, 6.07) is 10.9. The van der Waals surface area contributed by atoms with E-state index in [1.807, 2.05) is 12.1 Å². The second-order valence-electron chi connectivity index (χ2n) is 9.09. The molecule has 0 radical (unpaired) electrons. The van der Waals surface area contributed by atoms with E-state index in [-0.39, 0.29) is 16.9 Å². The van der Waals surface area contributed by atoms with Crippen LogP contribution in [0.3, 0.4) is 0 Å². The lowest BCUT2D eigenvalue weighted by molar-refractivity contribution is -0.181. The fraction of sp³-hybridized carbons (Fsp3) is 0.458. The van der Waals surface area contributed by atoms with Gasteiger partial charge in [0.1, 0.15) is 30.4 Å². The monoisotopic (exact) mass is 441 g/mol. The van der Waals surface area contributed by atoms with Crippen LogP contribution in [0.5, 0.6) is 5.75 Å². The van der Waals surface area contributed by atoms with Gasteiger partial charge in [-0.25, -0.2) is 0 Å². The van der Waals surface area contributed by atoms with Crippen LogP contribution in [0, 0.1) is 22.2 Å². The fourth-order valence-electron chi connectivity index (χ4n) is 4.60. The number of carbonyl (C=O) groups is 1. The van der Waals surface area contributed by atoms with Crippen LogP contribution >= 0.6 is 11.6 Å². The SMILES string of the molecule is CC1(C)CC(C)(COC(N)c2ccc(CCC=O)nc2)C1Oc1ccc(C#N)c(Cl)c1. The molecule has 1 saturated carbocycles. The largest absolute Gasteiger partial charge is 0.489 e. The number of nitrogens with two attached hydrogens (primary N) is 1. The molecule has 7 heteroatoms. The average molecular weight is 442 g/mol. The molecule has 0 aliphatic heterocycles. The van der Waals surface area contributed by atoms with Crippen molar-refractivity contribution in [2.75, 3.05) is 6.61 Å². The number of hydrogen-bond donors (Lipinski definition) is 1. The summed E-state index contributed by atoms with van der Waals surface area (Å²) in [6.45, 7) is 6.87. The smallest absolute Gasteiger partial charge is 0.133 e. The molecule has 2 N–H and O–H groups in total. The Kier molecular flexibility index (Phi) is 7.00. The first-order valence-electron chi connectivity index (χ1n) is 10.3. The molecule has 3 unspecified atom stereocenters. The molecule has 1 heterocycles. The zero-order valence-electron chi connectivity index (χ0n) is 18.1. The van der Waals surface area contributed by atoms with Gasteiger partial charge in [0.05, 0.1) is 17.2 Å². The Labute approximate surface area is 188 Å². The number of halogens is 1. The van der Waals surface area contributed by atoms with Crippen LogP contribution in [0.1, 0.15) is 56.7 Å². The summed E-state index contributed by atoms with van der Waals surface area (Å²) in [5.74, 6) is 0.632. The number of aldehydes is 1. The second-order valence-corrected chi connectivity index (χ2v) is 9.50. The van der Waals surface area contributed by atoms with Crippen molar-refractivity contribution >= 4 is 17.9 Å². The number of pyridine rings is 1. The van der Waals surface area contributed by atoms with Crippen LogP contribution in [0.4, 0.5) is 0 Å². The third kappa shape index (κ3) is 5.24. The van der Waals surface area contributed by atoms with Gasteiger partial charge in [-0.1, -0.05) is 38.4 Å². The van der Waals surface area contributed by atoms with Gasteiger partial charge in [-0.3, -0.25) is 4.98 Å². The minimum atomic E-state index is -0.599. The van der Waals surface area contributed by atoms with E-state index in [0.29, 0.717) is 35.8 Å². The molecule has 1 fully saturated rings. The lowest BCUT2D eigenvalue weighted by Crippen LogP contribution is -2.61. The van der Waals surface area contributed by atoms with Gasteiger partial charge in [-0.15, -0.1) is 0 Å². The Hall–Kier alpha value is -2.46. The highest BCUT2D eigenvalue weighted by molar-refractivity contribution is 6.31. The van der Waals surface area contributed by atoms with Crippen molar-refractivity contribution in [2.24, 2.45) is 16.6 Å². The van der Waals surface area contributed by atoms with Crippen LogP contribution in [-0.4, -0.2) is 24.0 Å². The van der Waals surface area contributed by atoms with Crippen LogP contribution < -0.4 is 10.5 Å². The zero-order chi connectivity index (χ0) is 22.6. The molecule has 1 aromatic carbocycles. The summed E-state index contributed by atoms with van der Waals surface area (Å²) in [5, 5.41) is 9.44. The van der Waals surface area contributed by atoms with E-state index < -0.39 is 6.23 Å². The number of aryl methyl sites for hydroxylation is 1. The maximum Gasteiger partial charge on any atom is 0.133 e. The first kappa shape index (κ1) is 23.2. The third-order valence-electron chi connectivity index (χ3n) is 5.80. The minimum absolute atomic E-state index is 0.0373. The van der Waals surface area contributed by atoms with Gasteiger partial charge in [0, 0.05) is 40.8 Å². The maximum atomic E-state index is 10.5. The Balaban J connectivity index is 1.63. The van der Waals surface area contributed by atoms with Gasteiger partial charge in [-0.2, -0.15) is 5.26 Å². The van der Waals surface area contributed by atoms with Crippen LogP contribution in [0.2, 0.25) is 5.02 Å². The average Bonchev–Trinajstić information content (AvgIpc) is 2.74. The molecule has 6 nitrogen and oxygen atoms in total. The van der Waals surface area contributed by atoms with Crippen molar-refractivity contribution in [3.63, 3.8) is 0 Å². The van der Waals surface area contributed by atoms with Gasteiger partial charge < -0.3 is 20.0 Å². The summed E-state index contributed by atoms with van der Waals surface area (Å²) in [4.78, 5) is 14.9. The number of hydrogen-bond acceptors (Lipinski definition) is 6. The summed E-state index contributed by atoms with van der Waals surface area (Å²) in [5.41, 5.74) is 8.04. The molecule has 0 saturated heterocycles. The molecule has 164 valence electrons. The van der Waals surface area contributed by atoms with Crippen LogP contribution in [0.15, 0.2) is 36.5 Å². The van der Waals surface area contributed by atoms with Crippen molar-refractivity contribution in [2.45, 2.75) is 52.4 Å². The first-order chi connectivity index (χ1) is 14.7. The lowest BCUT2D eigenvalue weighted by atomic mass is 9.53. The molecule has 2 aromatic rings. The molecule has 0 amide bonds. The third-order valence-corrected chi connectivity index (χ3v) is 6.12. The molecule has 3 rings (SSSR count). The molecule has 31 heavy (non-hydrogen) atoms. The summed E-state index contributed by atoms with van der Waals surface area (Å²) >= 11 is 6.16. The van der Waals surface area contributed by atoms with Crippen molar-refractivity contribution in [1.82, 2.24) is 4.98 Å². The van der Waals surface area contributed by atoms with Gasteiger partial charge in [0.15, 0.2) is 0 Å². The van der Waals surface area contributed by atoms with E-state index in [2.05, 4.69) is 31.8 Å². The number of nitrogens with zero attached hydrogens (tertiary/aromatic N) is 2. The minimum Gasteiger partial charge on any atom is -0.489 e. The summed E-state index contributed by atoms with van der Waals surface area (Å²) in [6.07, 6.45) is 3.88. The molecule has 3 atom stereocenters. The maximum absolute atomic E-state index is 10.5. The predicted octanol–water partition coefficient (Wildman–Crippen LogP) is 4.60. The molecule has 1 aromatic heterocycles. The quantitative estimate of drug-likeness (QED) is 0.451. The van der Waals surface area contributed by atoms with Crippen LogP contribution in [0.25, 0.3) is 0 Å². The molecule has 1 aliphatic rings. The van der Waals surface area contributed by atoms with E-state index in [1.165, 1.54) is 0 Å². The number of ether oxygens (including phenoxy) is 2. The normalized spacial score (nSPS) is 22.8. The second kappa shape index (κ2) is 9.35. The Bertz CT molecular complexity index is 971. The van der Waals surface area contributed by atoms with Crippen molar-refractivity contribution in [1.29, 1.82) is 5.26 Å². The Morgan fingerprint density at radius 3 is 2.71 bits per heavy atom. The molecule has 0 spiro atoms. The highest BCUT2D eigenvalue weighted by atomic mass is 35.5. The molecule has 1 aliphatic carbocycles. The molecular formula is C24H28ClN3O3. The van der Waals surface area contributed by atoms with Gasteiger partial charge in [0.2, 0.25) is 0 Å². The highest BCUT2D eigenvalue weighted by Gasteiger charge is 2.58. The topological polar surface area (TPSA) is 98.2 Å². The van der Waals surface area contributed by atoms with Crippen molar-refractivity contribution in [3.8, 4) is 11.8 Å². The number of benzene rings is 1. The zero-order valence-corrected chi connectivity index (χ0v) is 18.9. The van der Waals surface area contributed by atoms with E-state index in [4.69, 9.17) is 32.1 Å². The van der Waals surface area contributed by atoms with Crippen molar-refractivity contribution in [3.05, 3.63) is 58.4 Å². The highest BCUT2D eigenvalue weighted by Crippen LogP contribution is 2.56. The predicted molar refractivity (Wildman–Crippen MR) is 119 cm³/mol. The Morgan fingerprint density at radius 2 is 2.13 bits per heavy atom. The van der Waals surface area contributed by atoms with Crippen LogP contribution in [-0.2, 0) is 16.0 Å². The number of carbonyl (C=O) groups excluding carboxylic acids is 1. The van der Waals surface area contributed by atoms with Gasteiger partial charge >= 0.3 is 0 Å². The van der Waals surface area contributed by atoms with Crippen molar-refractivity contribution < 1.29 is 14.3 Å². The number of aromatic nitrogens is 1. The standard InChI is InChI=1S/C24H28ClN3O3/c1-23(2)14-24(3,22(23)31-19-9-7-16(12-26)20(25)11-19)15-30-21(27)17-6-8-18(28-13-17)5-4-10-29/h6-11,13,21-22H,4-5,14-15,27H2,1-3H3. The van der Waals surface area contributed by atoms with Gasteiger partial charge in [-0.05, 0) is 31.0 Å². The number of nitriles is 1.